The number of Topliss-reactive ketones (excluding diaryl/α,β-unsaturated/α-hetero) is 1. The summed E-state index contributed by atoms with van der Waals surface area (Å²) in [7, 11) is 0. The predicted octanol–water partition coefficient (Wildman–Crippen LogP) is 8.88. The Labute approximate surface area is 263 Å². The van der Waals surface area contributed by atoms with Gasteiger partial charge >= 0.3 is 6.18 Å². The van der Waals surface area contributed by atoms with Gasteiger partial charge in [-0.05, 0) is 72.5 Å². The molecule has 0 heterocycles. The predicted molar refractivity (Wildman–Crippen MR) is 158 cm³/mol. The van der Waals surface area contributed by atoms with Crippen molar-refractivity contribution >= 4 is 87.0 Å². The fraction of sp³-hybridized carbons (Fsp3) is 0.276. The van der Waals surface area contributed by atoms with Crippen molar-refractivity contribution < 1.29 is 27.6 Å². The van der Waals surface area contributed by atoms with Crippen LogP contribution in [0.2, 0.25) is 15.1 Å². The summed E-state index contributed by atoms with van der Waals surface area (Å²) in [5.41, 5.74) is -0.564. The van der Waals surface area contributed by atoms with Crippen molar-refractivity contribution in [2.24, 2.45) is 11.3 Å². The summed E-state index contributed by atoms with van der Waals surface area (Å²) in [6.07, 6.45) is -5.19. The Bertz CT molecular complexity index is 1570. The molecule has 0 radical (unpaired) electrons. The molecule has 42 heavy (non-hydrogen) atoms. The zero-order valence-corrected chi connectivity index (χ0v) is 25.1. The lowest BCUT2D eigenvalue weighted by atomic mass is 10.0. The summed E-state index contributed by atoms with van der Waals surface area (Å²) in [6, 6.07) is 15.1. The van der Waals surface area contributed by atoms with Gasteiger partial charge in [0.2, 0.25) is 11.8 Å². The van der Waals surface area contributed by atoms with Crippen molar-refractivity contribution in [3.8, 4) is 0 Å². The van der Waals surface area contributed by atoms with Gasteiger partial charge in [0, 0.05) is 39.3 Å². The highest BCUT2D eigenvalue weighted by Crippen LogP contribution is 2.65. The Morgan fingerprint density at radius 1 is 0.833 bits per heavy atom. The van der Waals surface area contributed by atoms with E-state index in [4.69, 9.17) is 58.0 Å². The molecule has 0 saturated heterocycles. The number of benzene rings is 3. The van der Waals surface area contributed by atoms with E-state index in [0.717, 1.165) is 0 Å². The van der Waals surface area contributed by atoms with Crippen LogP contribution in [0.1, 0.15) is 40.2 Å². The molecule has 0 aliphatic heterocycles. The molecule has 0 aromatic heterocycles. The number of hydrogen-bond acceptors (Lipinski definition) is 3. The molecule has 220 valence electrons. The number of rotatable bonds is 8. The van der Waals surface area contributed by atoms with E-state index in [-0.39, 0.29) is 41.3 Å². The Morgan fingerprint density at radius 3 is 2.00 bits per heavy atom. The molecule has 2 N–H and O–H groups in total. The maximum atomic E-state index is 13.2. The van der Waals surface area contributed by atoms with E-state index in [2.05, 4.69) is 10.6 Å². The summed E-state index contributed by atoms with van der Waals surface area (Å²) in [4.78, 5) is 38.3. The average Bonchev–Trinajstić information content (AvgIpc) is 3.80. The lowest BCUT2D eigenvalue weighted by Crippen LogP contribution is -2.36. The largest absolute Gasteiger partial charge is 0.403 e. The smallest absolute Gasteiger partial charge is 0.326 e. The lowest BCUT2D eigenvalue weighted by Gasteiger charge is -2.18. The molecule has 2 aliphatic carbocycles. The van der Waals surface area contributed by atoms with Gasteiger partial charge in [-0.2, -0.15) is 13.2 Å². The van der Waals surface area contributed by atoms with Gasteiger partial charge in [-0.25, -0.2) is 0 Å². The second kappa shape index (κ2) is 11.2. The second-order valence-electron chi connectivity index (χ2n) is 10.3. The summed E-state index contributed by atoms with van der Waals surface area (Å²) in [5, 5.41) is 5.93. The van der Waals surface area contributed by atoms with Crippen LogP contribution in [0, 0.1) is 11.3 Å². The highest BCUT2D eigenvalue weighted by atomic mass is 35.5. The first kappa shape index (κ1) is 31.0. The van der Waals surface area contributed by atoms with Crippen LogP contribution >= 0.6 is 58.0 Å². The van der Waals surface area contributed by atoms with Gasteiger partial charge < -0.3 is 10.6 Å². The molecule has 3 aromatic carbocycles. The van der Waals surface area contributed by atoms with Crippen molar-refractivity contribution in [2.75, 3.05) is 10.6 Å². The van der Waals surface area contributed by atoms with Crippen molar-refractivity contribution in [2.45, 2.75) is 35.7 Å². The summed E-state index contributed by atoms with van der Waals surface area (Å²) in [6.45, 7) is 0. The Hall–Kier alpha value is -2.49. The number of carbonyl (C=O) groups is 3. The second-order valence-corrected chi connectivity index (χ2v) is 13.1. The van der Waals surface area contributed by atoms with E-state index in [1.807, 2.05) is 0 Å². The molecule has 5 rings (SSSR count). The van der Waals surface area contributed by atoms with Crippen molar-refractivity contribution in [1.82, 2.24) is 0 Å². The first-order chi connectivity index (χ1) is 19.6. The van der Waals surface area contributed by atoms with Gasteiger partial charge in [-0.1, -0.05) is 46.9 Å². The molecule has 3 aromatic rings. The van der Waals surface area contributed by atoms with Crippen molar-refractivity contribution in [3.63, 3.8) is 0 Å². The van der Waals surface area contributed by atoms with Crippen molar-refractivity contribution in [3.05, 3.63) is 92.4 Å². The summed E-state index contributed by atoms with van der Waals surface area (Å²) >= 11 is 31.3. The van der Waals surface area contributed by atoms with Crippen molar-refractivity contribution in [1.29, 1.82) is 0 Å². The number of carbonyl (C=O) groups excluding carboxylic acids is 3. The summed E-state index contributed by atoms with van der Waals surface area (Å²) in [5.74, 6) is -3.31. The van der Waals surface area contributed by atoms with E-state index in [0.29, 0.717) is 26.9 Å². The third kappa shape index (κ3) is 6.10. The van der Waals surface area contributed by atoms with E-state index in [1.165, 1.54) is 42.5 Å². The monoisotopic (exact) mass is 676 g/mol. The number of halogens is 8. The Balaban J connectivity index is 1.23. The molecule has 5 nitrogen and oxygen atoms in total. The van der Waals surface area contributed by atoms with E-state index in [1.54, 1.807) is 18.2 Å². The van der Waals surface area contributed by atoms with Crippen LogP contribution in [-0.2, 0) is 16.0 Å². The molecule has 2 atom stereocenters. The van der Waals surface area contributed by atoms with E-state index < -0.39 is 39.6 Å². The lowest BCUT2D eigenvalue weighted by molar-refractivity contribution is -0.189. The van der Waals surface area contributed by atoms with Crippen LogP contribution in [-0.4, -0.2) is 28.1 Å². The average molecular weight is 679 g/mol. The minimum atomic E-state index is -4.61. The Morgan fingerprint density at radius 2 is 1.43 bits per heavy atom. The third-order valence-electron chi connectivity index (χ3n) is 7.42. The molecule has 0 bridgehead atoms. The number of nitrogens with one attached hydrogen (secondary N) is 2. The number of anilines is 2. The topological polar surface area (TPSA) is 75.3 Å². The van der Waals surface area contributed by atoms with Crippen LogP contribution < -0.4 is 10.6 Å². The number of hydrogen-bond donors (Lipinski definition) is 2. The first-order valence-corrected chi connectivity index (χ1v) is 14.5. The van der Waals surface area contributed by atoms with Crippen LogP contribution in [0.4, 0.5) is 24.5 Å². The van der Waals surface area contributed by atoms with Gasteiger partial charge in [0.05, 0.1) is 10.9 Å². The number of amides is 2. The molecule has 0 spiro atoms. The Kier molecular flexibility index (Phi) is 8.26. The molecule has 13 heteroatoms. The fourth-order valence-electron chi connectivity index (χ4n) is 4.86. The van der Waals surface area contributed by atoms with E-state index >= 15 is 0 Å². The van der Waals surface area contributed by atoms with Crippen LogP contribution in [0.3, 0.4) is 0 Å². The standard InChI is InChI=1S/C29H20Cl5F3N2O3/c30-16-10-15(11-17(31)12-16)23-24(28(23,33)34)25(41)38-19-5-6-21(32)20(13-19)22(40)9-14-1-3-18(4-2-14)39-26(42)27(7-8-27)29(35,36)37/h1-6,10-13,23-24H,7-9H2,(H,38,41)(H,39,42). The third-order valence-corrected chi connectivity index (χ3v) is 9.12. The van der Waals surface area contributed by atoms with E-state index in [9.17, 15) is 27.6 Å². The molecule has 2 unspecified atom stereocenters. The van der Waals surface area contributed by atoms with Gasteiger partial charge in [-0.3, -0.25) is 14.4 Å². The fourth-order valence-corrected chi connectivity index (χ4v) is 6.45. The zero-order chi connectivity index (χ0) is 30.6. The molecule has 2 fully saturated rings. The zero-order valence-electron chi connectivity index (χ0n) is 21.3. The minimum Gasteiger partial charge on any atom is -0.326 e. The maximum Gasteiger partial charge on any atom is 0.403 e. The molecule has 2 saturated carbocycles. The van der Waals surface area contributed by atoms with Gasteiger partial charge in [0.1, 0.15) is 9.75 Å². The van der Waals surface area contributed by atoms with Crippen LogP contribution in [0.15, 0.2) is 60.7 Å². The molecular formula is C29H20Cl5F3N2O3. The quantitative estimate of drug-likeness (QED) is 0.185. The van der Waals surface area contributed by atoms with Gasteiger partial charge in [0.15, 0.2) is 5.78 Å². The highest BCUT2D eigenvalue weighted by Gasteiger charge is 2.69. The first-order valence-electron chi connectivity index (χ1n) is 12.6. The summed E-state index contributed by atoms with van der Waals surface area (Å²) < 4.78 is 38.2. The number of alkyl halides is 5. The van der Waals surface area contributed by atoms with Crippen LogP contribution in [0.25, 0.3) is 0 Å². The SMILES string of the molecule is O=C(Cc1ccc(NC(=O)C2(C(F)(F)F)CC2)cc1)c1cc(NC(=O)C2C(c3cc(Cl)cc(Cl)c3)C2(Cl)Cl)ccc1Cl. The van der Waals surface area contributed by atoms with Gasteiger partial charge in [-0.15, -0.1) is 23.2 Å². The highest BCUT2D eigenvalue weighted by molar-refractivity contribution is 6.53. The minimum absolute atomic E-state index is 0.0927. The molecule has 2 amide bonds. The normalized spacial score (nSPS) is 20.0. The number of ketones is 1. The molecular weight excluding hydrogens is 659 g/mol. The van der Waals surface area contributed by atoms with Crippen LogP contribution in [0.5, 0.6) is 0 Å². The van der Waals surface area contributed by atoms with Gasteiger partial charge in [0.25, 0.3) is 0 Å². The maximum absolute atomic E-state index is 13.2. The molecule has 2 aliphatic rings.